The zero-order valence-electron chi connectivity index (χ0n) is 13.1. The summed E-state index contributed by atoms with van der Waals surface area (Å²) in [6.45, 7) is 1.20. The van der Waals surface area contributed by atoms with Gasteiger partial charge in [-0.25, -0.2) is 0 Å². The van der Waals surface area contributed by atoms with Crippen LogP contribution in [0.15, 0.2) is 47.4 Å². The molecule has 2 rings (SSSR count). The number of benzene rings is 2. The van der Waals surface area contributed by atoms with Crippen LogP contribution < -0.4 is 8.92 Å². The molecule has 0 saturated carbocycles. The number of ether oxygens (including phenoxy) is 1. The molecule has 0 fully saturated rings. The van der Waals surface area contributed by atoms with Crippen molar-refractivity contribution in [2.75, 3.05) is 7.11 Å². The highest BCUT2D eigenvalue weighted by molar-refractivity contribution is 7.87. The second-order valence-electron chi connectivity index (χ2n) is 4.98. The van der Waals surface area contributed by atoms with E-state index in [2.05, 4.69) is 0 Å². The minimum Gasteiger partial charge on any atom is -0.497 e. The molecule has 0 radical (unpaired) electrons. The summed E-state index contributed by atoms with van der Waals surface area (Å²) in [5.74, 6) is -0.583. The minimum atomic E-state index is -4.70. The molecular weight excluding hydrogens is 361 g/mol. The fraction of sp³-hybridized carbons (Fsp3) is 0.188. The molecule has 2 aromatic rings. The van der Waals surface area contributed by atoms with Crippen molar-refractivity contribution in [3.05, 3.63) is 53.6 Å². The minimum absolute atomic E-state index is 0.0450. The number of alkyl halides is 3. The van der Waals surface area contributed by atoms with Gasteiger partial charge in [0.15, 0.2) is 11.5 Å². The van der Waals surface area contributed by atoms with E-state index in [-0.39, 0.29) is 17.1 Å². The van der Waals surface area contributed by atoms with Gasteiger partial charge in [-0.2, -0.15) is 21.6 Å². The maximum Gasteiger partial charge on any atom is 0.416 e. The first-order valence-electron chi connectivity index (χ1n) is 6.85. The van der Waals surface area contributed by atoms with E-state index in [1.165, 1.54) is 32.2 Å². The van der Waals surface area contributed by atoms with Crippen molar-refractivity contribution in [1.82, 2.24) is 0 Å². The quantitative estimate of drug-likeness (QED) is 0.590. The van der Waals surface area contributed by atoms with Crippen LogP contribution in [0.3, 0.4) is 0 Å². The Labute approximate surface area is 142 Å². The number of halogens is 3. The van der Waals surface area contributed by atoms with Crippen LogP contribution in [0.5, 0.6) is 11.5 Å². The second-order valence-corrected chi connectivity index (χ2v) is 6.53. The van der Waals surface area contributed by atoms with Gasteiger partial charge in [0.1, 0.15) is 10.6 Å². The highest BCUT2D eigenvalue weighted by Gasteiger charge is 2.32. The number of Topliss-reactive ketones (excluding diaryl/α,β-unsaturated/α-hetero) is 1. The molecule has 9 heteroatoms. The number of hydrogen-bond donors (Lipinski definition) is 0. The molecule has 25 heavy (non-hydrogen) atoms. The highest BCUT2D eigenvalue weighted by atomic mass is 32.2. The lowest BCUT2D eigenvalue weighted by Crippen LogP contribution is -2.14. The van der Waals surface area contributed by atoms with Crippen molar-refractivity contribution < 1.29 is 35.3 Å². The Morgan fingerprint density at radius 2 is 1.76 bits per heavy atom. The predicted molar refractivity (Wildman–Crippen MR) is 82.3 cm³/mol. The maximum atomic E-state index is 12.8. The highest BCUT2D eigenvalue weighted by Crippen LogP contribution is 2.32. The summed E-state index contributed by atoms with van der Waals surface area (Å²) >= 11 is 0. The standard InChI is InChI=1S/C16H13F3O5S/c1-10(20)14-7-6-12(23-2)9-15(14)24-25(21,22)13-5-3-4-11(8-13)16(17,18)19/h3-9H,1-2H3. The van der Waals surface area contributed by atoms with Crippen molar-refractivity contribution in [2.45, 2.75) is 18.0 Å². The van der Waals surface area contributed by atoms with Crippen molar-refractivity contribution >= 4 is 15.9 Å². The zero-order valence-corrected chi connectivity index (χ0v) is 13.9. The zero-order chi connectivity index (χ0) is 18.8. The van der Waals surface area contributed by atoms with Crippen LogP contribution >= 0.6 is 0 Å². The van der Waals surface area contributed by atoms with Gasteiger partial charge in [0.05, 0.1) is 18.2 Å². The fourth-order valence-corrected chi connectivity index (χ4v) is 2.97. The van der Waals surface area contributed by atoms with Crippen molar-refractivity contribution in [1.29, 1.82) is 0 Å². The summed E-state index contributed by atoms with van der Waals surface area (Å²) in [6, 6.07) is 7.03. The lowest BCUT2D eigenvalue weighted by atomic mass is 10.1. The monoisotopic (exact) mass is 374 g/mol. The van der Waals surface area contributed by atoms with Gasteiger partial charge >= 0.3 is 16.3 Å². The first-order chi connectivity index (χ1) is 11.5. The fourth-order valence-electron chi connectivity index (χ4n) is 1.98. The first-order valence-corrected chi connectivity index (χ1v) is 8.26. The summed E-state index contributed by atoms with van der Waals surface area (Å²) in [5.41, 5.74) is -1.18. The number of carbonyl (C=O) groups is 1. The molecule has 0 bridgehead atoms. The van der Waals surface area contributed by atoms with Gasteiger partial charge in [0.2, 0.25) is 0 Å². The Hall–Kier alpha value is -2.55. The van der Waals surface area contributed by atoms with Crippen LogP contribution in [-0.4, -0.2) is 21.3 Å². The number of methoxy groups -OCH3 is 1. The molecule has 0 amide bonds. The number of hydrogen-bond acceptors (Lipinski definition) is 5. The molecule has 0 aliphatic rings. The molecule has 0 aliphatic carbocycles. The molecule has 0 aliphatic heterocycles. The molecule has 134 valence electrons. The SMILES string of the molecule is COc1ccc(C(C)=O)c(OS(=O)(=O)c2cccc(C(F)(F)F)c2)c1. The molecule has 0 atom stereocenters. The van der Waals surface area contributed by atoms with E-state index in [9.17, 15) is 26.4 Å². The van der Waals surface area contributed by atoms with E-state index in [0.29, 0.717) is 6.07 Å². The Bertz CT molecular complexity index is 904. The topological polar surface area (TPSA) is 69.7 Å². The average molecular weight is 374 g/mol. The number of ketones is 1. The second kappa shape index (κ2) is 6.75. The van der Waals surface area contributed by atoms with Crippen molar-refractivity contribution in [3.63, 3.8) is 0 Å². The molecule has 0 saturated heterocycles. The molecule has 5 nitrogen and oxygen atoms in total. The van der Waals surface area contributed by atoms with Gasteiger partial charge in [-0.3, -0.25) is 4.79 Å². The van der Waals surface area contributed by atoms with E-state index < -0.39 is 32.5 Å². The Balaban J connectivity index is 2.48. The summed E-state index contributed by atoms with van der Waals surface area (Å²) < 4.78 is 72.7. The van der Waals surface area contributed by atoms with E-state index in [4.69, 9.17) is 8.92 Å². The first kappa shape index (κ1) is 18.8. The normalized spacial score (nSPS) is 11.9. The summed E-state index contributed by atoms with van der Waals surface area (Å²) in [7, 11) is -3.26. The van der Waals surface area contributed by atoms with Gasteiger partial charge in [-0.1, -0.05) is 6.07 Å². The van der Waals surface area contributed by atoms with E-state index in [1.54, 1.807) is 0 Å². The summed E-state index contributed by atoms with van der Waals surface area (Å²) in [5, 5.41) is 0. The van der Waals surface area contributed by atoms with Crippen LogP contribution in [0.2, 0.25) is 0 Å². The molecular formula is C16H13F3O5S. The largest absolute Gasteiger partial charge is 0.497 e. The van der Waals surface area contributed by atoms with Crippen LogP contribution in [-0.2, 0) is 16.3 Å². The lowest BCUT2D eigenvalue weighted by molar-refractivity contribution is -0.137. The molecule has 2 aromatic carbocycles. The average Bonchev–Trinajstić information content (AvgIpc) is 2.53. The van der Waals surface area contributed by atoms with Gasteiger partial charge < -0.3 is 8.92 Å². The van der Waals surface area contributed by atoms with Gasteiger partial charge in [0.25, 0.3) is 0 Å². The number of rotatable bonds is 5. The van der Waals surface area contributed by atoms with Crippen LogP contribution in [0.4, 0.5) is 13.2 Å². The Morgan fingerprint density at radius 1 is 1.08 bits per heavy atom. The molecule has 0 N–H and O–H groups in total. The third-order valence-corrected chi connectivity index (χ3v) is 4.45. The maximum absolute atomic E-state index is 12.8. The van der Waals surface area contributed by atoms with Crippen molar-refractivity contribution in [3.8, 4) is 11.5 Å². The lowest BCUT2D eigenvalue weighted by Gasteiger charge is -2.13. The van der Waals surface area contributed by atoms with Gasteiger partial charge in [0, 0.05) is 6.07 Å². The van der Waals surface area contributed by atoms with E-state index in [1.807, 2.05) is 0 Å². The predicted octanol–water partition coefficient (Wildman–Crippen LogP) is 3.68. The van der Waals surface area contributed by atoms with Crippen LogP contribution in [0.1, 0.15) is 22.8 Å². The van der Waals surface area contributed by atoms with Crippen molar-refractivity contribution in [2.24, 2.45) is 0 Å². The smallest absolute Gasteiger partial charge is 0.416 e. The summed E-state index contributed by atoms with van der Waals surface area (Å²) in [4.78, 5) is 10.9. The molecule has 0 unspecified atom stereocenters. The van der Waals surface area contributed by atoms with Crippen LogP contribution in [0, 0.1) is 0 Å². The van der Waals surface area contributed by atoms with Crippen LogP contribution in [0.25, 0.3) is 0 Å². The van der Waals surface area contributed by atoms with Gasteiger partial charge in [-0.05, 0) is 37.3 Å². The number of carbonyl (C=O) groups excluding carboxylic acids is 1. The van der Waals surface area contributed by atoms with E-state index in [0.717, 1.165) is 18.2 Å². The molecule has 0 heterocycles. The van der Waals surface area contributed by atoms with E-state index >= 15 is 0 Å². The summed E-state index contributed by atoms with van der Waals surface area (Å²) in [6.07, 6.45) is -4.70. The molecule has 0 spiro atoms. The Morgan fingerprint density at radius 3 is 2.32 bits per heavy atom. The Kier molecular flexibility index (Phi) is 5.07. The molecule has 0 aromatic heterocycles. The van der Waals surface area contributed by atoms with Gasteiger partial charge in [-0.15, -0.1) is 0 Å². The third kappa shape index (κ3) is 4.30. The third-order valence-electron chi connectivity index (χ3n) is 3.22.